The Hall–Kier alpha value is -0.610. The summed E-state index contributed by atoms with van der Waals surface area (Å²) in [6.07, 6.45) is 1.63. The molecule has 96 valence electrons. The first-order valence-electron chi connectivity index (χ1n) is 6.26. The van der Waals surface area contributed by atoms with Crippen molar-refractivity contribution in [3.63, 3.8) is 0 Å². The average molecular weight is 229 g/mol. The van der Waals surface area contributed by atoms with Crippen LogP contribution >= 0.6 is 0 Å². The van der Waals surface area contributed by atoms with Gasteiger partial charge in [-0.25, -0.2) is 0 Å². The van der Waals surface area contributed by atoms with Crippen molar-refractivity contribution in [3.8, 4) is 0 Å². The maximum atomic E-state index is 11.7. The summed E-state index contributed by atoms with van der Waals surface area (Å²) in [5.41, 5.74) is 0. The van der Waals surface area contributed by atoms with Crippen LogP contribution in [0.25, 0.3) is 0 Å². The van der Waals surface area contributed by atoms with E-state index in [4.69, 9.17) is 0 Å². The maximum Gasteiger partial charge on any atom is 0.222 e. The van der Waals surface area contributed by atoms with Crippen LogP contribution in [0.2, 0.25) is 0 Å². The van der Waals surface area contributed by atoms with Crippen molar-refractivity contribution in [2.45, 2.75) is 26.7 Å². The minimum Gasteiger partial charge on any atom is -0.343 e. The lowest BCUT2D eigenvalue weighted by atomic mass is 10.2. The van der Waals surface area contributed by atoms with Gasteiger partial charge in [0, 0.05) is 32.6 Å². The van der Waals surface area contributed by atoms with Gasteiger partial charge in [-0.2, -0.15) is 0 Å². The molecule has 0 spiro atoms. The van der Waals surface area contributed by atoms with E-state index in [1.54, 1.807) is 0 Å². The average Bonchev–Trinajstić information content (AvgIpc) is 2.28. The highest BCUT2D eigenvalue weighted by Gasteiger charge is 2.08. The molecule has 0 aliphatic rings. The van der Waals surface area contributed by atoms with Crippen molar-refractivity contribution >= 4 is 5.91 Å². The van der Waals surface area contributed by atoms with Gasteiger partial charge < -0.3 is 15.1 Å². The Bertz CT molecular complexity index is 181. The summed E-state index contributed by atoms with van der Waals surface area (Å²) in [6, 6.07) is 0. The zero-order valence-electron chi connectivity index (χ0n) is 11.3. The highest BCUT2D eigenvalue weighted by atomic mass is 16.2. The molecule has 0 aliphatic heterocycles. The Kier molecular flexibility index (Phi) is 9.24. The maximum absolute atomic E-state index is 11.7. The van der Waals surface area contributed by atoms with Crippen LogP contribution < -0.4 is 5.32 Å². The van der Waals surface area contributed by atoms with Crippen LogP contribution in [0.5, 0.6) is 0 Å². The van der Waals surface area contributed by atoms with E-state index in [1.807, 2.05) is 25.8 Å². The van der Waals surface area contributed by atoms with Gasteiger partial charge in [0.2, 0.25) is 5.91 Å². The first-order valence-corrected chi connectivity index (χ1v) is 6.26. The summed E-state index contributed by atoms with van der Waals surface area (Å²) in [5, 5.41) is 3.12. The lowest BCUT2D eigenvalue weighted by Gasteiger charge is -2.20. The molecule has 4 nitrogen and oxygen atoms in total. The lowest BCUT2D eigenvalue weighted by molar-refractivity contribution is -0.130. The van der Waals surface area contributed by atoms with E-state index in [0.717, 1.165) is 39.1 Å². The minimum atomic E-state index is 0.284. The van der Waals surface area contributed by atoms with Crippen molar-refractivity contribution in [2.75, 3.05) is 46.8 Å². The van der Waals surface area contributed by atoms with Gasteiger partial charge in [-0.05, 0) is 40.9 Å². The molecule has 0 bridgehead atoms. The van der Waals surface area contributed by atoms with E-state index in [2.05, 4.69) is 17.3 Å². The van der Waals surface area contributed by atoms with Gasteiger partial charge in [-0.15, -0.1) is 0 Å². The zero-order valence-corrected chi connectivity index (χ0v) is 11.3. The predicted octanol–water partition coefficient (Wildman–Crippen LogP) is 0.786. The fraction of sp³-hybridized carbons (Fsp3) is 0.917. The second-order valence-corrected chi connectivity index (χ2v) is 4.08. The quantitative estimate of drug-likeness (QED) is 0.635. The fourth-order valence-corrected chi connectivity index (χ4v) is 1.65. The highest BCUT2D eigenvalue weighted by Crippen LogP contribution is 1.99. The first-order chi connectivity index (χ1) is 7.65. The van der Waals surface area contributed by atoms with Crippen molar-refractivity contribution in [2.24, 2.45) is 0 Å². The number of carbonyl (C=O) groups excluding carboxylic acids is 1. The molecule has 0 saturated carbocycles. The molecule has 16 heavy (non-hydrogen) atoms. The number of hydrogen-bond acceptors (Lipinski definition) is 3. The van der Waals surface area contributed by atoms with Crippen LogP contribution in [-0.4, -0.2) is 62.5 Å². The third-order valence-corrected chi connectivity index (χ3v) is 2.79. The van der Waals surface area contributed by atoms with E-state index in [-0.39, 0.29) is 5.91 Å². The summed E-state index contributed by atoms with van der Waals surface area (Å²) in [6.45, 7) is 8.74. The Labute approximate surface area is 100.0 Å². The Balaban J connectivity index is 3.60. The molecule has 4 heteroatoms. The van der Waals surface area contributed by atoms with E-state index in [9.17, 15) is 4.79 Å². The van der Waals surface area contributed by atoms with Crippen molar-refractivity contribution < 1.29 is 4.79 Å². The summed E-state index contributed by atoms with van der Waals surface area (Å²) >= 11 is 0. The fourth-order valence-electron chi connectivity index (χ4n) is 1.65. The Morgan fingerprint density at radius 3 is 2.31 bits per heavy atom. The van der Waals surface area contributed by atoms with Gasteiger partial charge in [-0.1, -0.05) is 0 Å². The molecule has 0 unspecified atom stereocenters. The largest absolute Gasteiger partial charge is 0.343 e. The number of nitrogens with one attached hydrogen (secondary N) is 1. The molecule has 0 fully saturated rings. The van der Waals surface area contributed by atoms with E-state index < -0.39 is 0 Å². The molecule has 0 rings (SSSR count). The van der Waals surface area contributed by atoms with Gasteiger partial charge in [0.25, 0.3) is 0 Å². The van der Waals surface area contributed by atoms with Crippen LogP contribution in [0.15, 0.2) is 0 Å². The lowest BCUT2D eigenvalue weighted by Crippen LogP contribution is -2.32. The second-order valence-electron chi connectivity index (χ2n) is 4.08. The number of nitrogens with zero attached hydrogens (tertiary/aromatic N) is 2. The normalized spacial score (nSPS) is 10.8. The van der Waals surface area contributed by atoms with E-state index in [0.29, 0.717) is 6.42 Å². The van der Waals surface area contributed by atoms with Crippen LogP contribution in [0.4, 0.5) is 0 Å². The van der Waals surface area contributed by atoms with E-state index >= 15 is 0 Å². The Morgan fingerprint density at radius 2 is 1.81 bits per heavy atom. The van der Waals surface area contributed by atoms with Crippen LogP contribution in [0.3, 0.4) is 0 Å². The molecule has 0 aromatic carbocycles. The molecule has 0 aromatic heterocycles. The predicted molar refractivity (Wildman–Crippen MR) is 68.6 cm³/mol. The molecule has 0 atom stereocenters. The molecule has 0 radical (unpaired) electrons. The summed E-state index contributed by atoms with van der Waals surface area (Å²) in [4.78, 5) is 15.8. The van der Waals surface area contributed by atoms with Gasteiger partial charge in [0.15, 0.2) is 0 Å². The number of hydrogen-bond donors (Lipinski definition) is 1. The zero-order chi connectivity index (χ0) is 12.4. The SMILES string of the molecule is CCN(CC)C(=O)CCCN(C)CCNC. The minimum absolute atomic E-state index is 0.284. The topological polar surface area (TPSA) is 35.6 Å². The molecule has 0 heterocycles. The monoisotopic (exact) mass is 229 g/mol. The van der Waals surface area contributed by atoms with Gasteiger partial charge in [0.05, 0.1) is 0 Å². The summed E-state index contributed by atoms with van der Waals surface area (Å²) in [7, 11) is 4.05. The van der Waals surface area contributed by atoms with Gasteiger partial charge >= 0.3 is 0 Å². The number of likely N-dealkylation sites (N-methyl/N-ethyl adjacent to an activating group) is 2. The van der Waals surface area contributed by atoms with Gasteiger partial charge in [-0.3, -0.25) is 4.79 Å². The molecule has 0 aromatic rings. The molecule has 1 N–H and O–H groups in total. The number of amides is 1. The molecular weight excluding hydrogens is 202 g/mol. The number of rotatable bonds is 9. The first kappa shape index (κ1) is 15.4. The third-order valence-electron chi connectivity index (χ3n) is 2.79. The molecular formula is C12H27N3O. The smallest absolute Gasteiger partial charge is 0.222 e. The van der Waals surface area contributed by atoms with Crippen LogP contribution in [0, 0.1) is 0 Å². The van der Waals surface area contributed by atoms with Crippen molar-refractivity contribution in [3.05, 3.63) is 0 Å². The third kappa shape index (κ3) is 6.80. The van der Waals surface area contributed by atoms with Crippen LogP contribution in [-0.2, 0) is 4.79 Å². The summed E-state index contributed by atoms with van der Waals surface area (Å²) in [5.74, 6) is 0.284. The van der Waals surface area contributed by atoms with Crippen LogP contribution in [0.1, 0.15) is 26.7 Å². The molecule has 0 aliphatic carbocycles. The second kappa shape index (κ2) is 9.60. The van der Waals surface area contributed by atoms with Gasteiger partial charge in [0.1, 0.15) is 0 Å². The highest BCUT2D eigenvalue weighted by molar-refractivity contribution is 5.76. The van der Waals surface area contributed by atoms with Crippen molar-refractivity contribution in [1.29, 1.82) is 0 Å². The summed E-state index contributed by atoms with van der Waals surface area (Å²) < 4.78 is 0. The van der Waals surface area contributed by atoms with E-state index in [1.165, 1.54) is 0 Å². The number of carbonyl (C=O) groups is 1. The van der Waals surface area contributed by atoms with Crippen molar-refractivity contribution in [1.82, 2.24) is 15.1 Å². The Morgan fingerprint density at radius 1 is 1.19 bits per heavy atom. The molecule has 1 amide bonds. The standard InChI is InChI=1S/C12H27N3O/c1-5-15(6-2)12(16)8-7-10-14(4)11-9-13-3/h13H,5-11H2,1-4H3. The molecule has 0 saturated heterocycles.